The van der Waals surface area contributed by atoms with Crippen LogP contribution in [-0.4, -0.2) is 49.7 Å². The Balaban J connectivity index is 1.40. The van der Waals surface area contributed by atoms with Gasteiger partial charge in [0, 0.05) is 30.4 Å². The molecule has 0 unspecified atom stereocenters. The number of hydrogen-bond donors (Lipinski definition) is 2. The Bertz CT molecular complexity index is 1580. The van der Waals surface area contributed by atoms with Crippen LogP contribution in [0.4, 0.5) is 4.79 Å². The van der Waals surface area contributed by atoms with Crippen molar-refractivity contribution in [2.45, 2.75) is 38.5 Å². The van der Waals surface area contributed by atoms with Crippen LogP contribution in [0.3, 0.4) is 0 Å². The van der Waals surface area contributed by atoms with Crippen LogP contribution in [0.2, 0.25) is 0 Å². The van der Waals surface area contributed by atoms with Gasteiger partial charge >= 0.3 is 6.03 Å². The molecule has 38 heavy (non-hydrogen) atoms. The highest BCUT2D eigenvalue weighted by molar-refractivity contribution is 7.90. The van der Waals surface area contributed by atoms with Crippen molar-refractivity contribution in [2.24, 2.45) is 0 Å². The van der Waals surface area contributed by atoms with E-state index in [0.29, 0.717) is 12.2 Å². The number of hydrogen-bond acceptors (Lipinski definition) is 7. The van der Waals surface area contributed by atoms with Crippen molar-refractivity contribution in [3.63, 3.8) is 0 Å². The second-order valence-electron chi connectivity index (χ2n) is 8.76. The Labute approximate surface area is 222 Å². The van der Waals surface area contributed by atoms with Gasteiger partial charge in [0.25, 0.3) is 10.0 Å². The molecule has 200 valence electrons. The summed E-state index contributed by atoms with van der Waals surface area (Å²) in [5, 5.41) is 2.59. The second-order valence-corrected chi connectivity index (χ2v) is 10.4. The fraction of sp³-hybridized carbons (Fsp3) is 0.296. The van der Waals surface area contributed by atoms with Crippen LogP contribution in [0.1, 0.15) is 29.6 Å². The molecule has 2 amide bonds. The van der Waals surface area contributed by atoms with E-state index in [0.717, 1.165) is 45.9 Å². The number of nitrogens with zero attached hydrogens (tertiary/aromatic N) is 3. The summed E-state index contributed by atoms with van der Waals surface area (Å²) >= 11 is 0. The lowest BCUT2D eigenvalue weighted by Gasteiger charge is -2.12. The number of pyridine rings is 1. The van der Waals surface area contributed by atoms with E-state index in [2.05, 4.69) is 16.8 Å². The van der Waals surface area contributed by atoms with E-state index in [4.69, 9.17) is 19.4 Å². The molecule has 0 radical (unpaired) electrons. The number of benzene rings is 2. The first-order chi connectivity index (χ1) is 18.2. The van der Waals surface area contributed by atoms with Crippen molar-refractivity contribution in [3.05, 3.63) is 71.2 Å². The van der Waals surface area contributed by atoms with Gasteiger partial charge in [-0.15, -0.1) is 0 Å². The van der Waals surface area contributed by atoms with Gasteiger partial charge in [0.05, 0.1) is 19.1 Å². The van der Waals surface area contributed by atoms with Gasteiger partial charge in [0.15, 0.2) is 17.1 Å². The SMILES string of the molecule is CCc1nc2c(C)cc(C)nc2n1-c1ccc(CCNC(=O)NS(=O)(=O)c2ccc(OC)c(OC)c2)cc1. The number of nitrogens with one attached hydrogen (secondary N) is 2. The maximum absolute atomic E-state index is 12.6. The number of amides is 2. The number of fused-ring (bicyclic) bond motifs is 1. The summed E-state index contributed by atoms with van der Waals surface area (Å²) in [5.74, 6) is 1.56. The molecular weight excluding hydrogens is 506 g/mol. The molecule has 0 aliphatic heterocycles. The van der Waals surface area contributed by atoms with Gasteiger partial charge in [-0.05, 0) is 61.7 Å². The number of urea groups is 1. The zero-order valence-corrected chi connectivity index (χ0v) is 22.8. The van der Waals surface area contributed by atoms with E-state index in [1.54, 1.807) is 0 Å². The zero-order chi connectivity index (χ0) is 27.4. The molecule has 11 heteroatoms. The van der Waals surface area contributed by atoms with Gasteiger partial charge in [0.1, 0.15) is 11.3 Å². The first-order valence-corrected chi connectivity index (χ1v) is 13.6. The van der Waals surface area contributed by atoms with Crippen LogP contribution in [0, 0.1) is 13.8 Å². The van der Waals surface area contributed by atoms with Crippen molar-refractivity contribution < 1.29 is 22.7 Å². The Kier molecular flexibility index (Phi) is 7.86. The van der Waals surface area contributed by atoms with Gasteiger partial charge in [-0.2, -0.15) is 0 Å². The predicted octanol–water partition coefficient (Wildman–Crippen LogP) is 3.85. The van der Waals surface area contributed by atoms with E-state index < -0.39 is 16.1 Å². The van der Waals surface area contributed by atoms with Gasteiger partial charge in [0.2, 0.25) is 0 Å². The maximum Gasteiger partial charge on any atom is 0.328 e. The summed E-state index contributed by atoms with van der Waals surface area (Å²) in [7, 11) is -1.23. The van der Waals surface area contributed by atoms with E-state index in [-0.39, 0.29) is 17.2 Å². The van der Waals surface area contributed by atoms with E-state index in [9.17, 15) is 13.2 Å². The largest absolute Gasteiger partial charge is 0.493 e. The highest BCUT2D eigenvalue weighted by Crippen LogP contribution is 2.29. The number of sulfonamides is 1. The summed E-state index contributed by atoms with van der Waals surface area (Å²) < 4.78 is 39.6. The molecule has 0 saturated carbocycles. The molecule has 0 fully saturated rings. The predicted molar refractivity (Wildman–Crippen MR) is 145 cm³/mol. The Morgan fingerprint density at radius 3 is 2.34 bits per heavy atom. The molecule has 0 atom stereocenters. The molecule has 0 spiro atoms. The average Bonchev–Trinajstić information content (AvgIpc) is 3.27. The van der Waals surface area contributed by atoms with E-state index in [1.807, 2.05) is 48.9 Å². The fourth-order valence-corrected chi connectivity index (χ4v) is 5.19. The molecule has 2 aromatic carbocycles. The number of methoxy groups -OCH3 is 2. The summed E-state index contributed by atoms with van der Waals surface area (Å²) in [6.45, 7) is 6.33. The van der Waals surface area contributed by atoms with Crippen LogP contribution in [0.15, 0.2) is 53.4 Å². The molecule has 2 heterocycles. The third kappa shape index (κ3) is 5.57. The number of rotatable bonds is 9. The Morgan fingerprint density at radius 1 is 0.974 bits per heavy atom. The standard InChI is InChI=1S/C27H31N5O5S/c1-6-24-30-25-17(2)15-18(3)29-26(25)32(24)20-9-7-19(8-10-20)13-14-28-27(33)31-38(34,35)21-11-12-22(36-4)23(16-21)37-5/h7-12,15-16H,6,13-14H2,1-5H3,(H2,28,31,33). The Morgan fingerprint density at radius 2 is 1.68 bits per heavy atom. The monoisotopic (exact) mass is 537 g/mol. The van der Waals surface area contributed by atoms with Gasteiger partial charge < -0.3 is 14.8 Å². The number of aryl methyl sites for hydroxylation is 3. The smallest absolute Gasteiger partial charge is 0.328 e. The molecule has 0 saturated heterocycles. The highest BCUT2D eigenvalue weighted by Gasteiger charge is 2.20. The summed E-state index contributed by atoms with van der Waals surface area (Å²) in [6.07, 6.45) is 1.29. The number of carbonyl (C=O) groups is 1. The molecule has 4 rings (SSSR count). The minimum Gasteiger partial charge on any atom is -0.493 e. The van der Waals surface area contributed by atoms with Crippen LogP contribution >= 0.6 is 0 Å². The van der Waals surface area contributed by atoms with Crippen LogP contribution in [-0.2, 0) is 22.9 Å². The van der Waals surface area contributed by atoms with E-state index in [1.165, 1.54) is 32.4 Å². The normalized spacial score (nSPS) is 11.4. The molecular formula is C27H31N5O5S. The third-order valence-corrected chi connectivity index (χ3v) is 7.43. The third-order valence-electron chi connectivity index (χ3n) is 6.11. The lowest BCUT2D eigenvalue weighted by atomic mass is 10.1. The lowest BCUT2D eigenvalue weighted by molar-refractivity contribution is 0.246. The van der Waals surface area contributed by atoms with Gasteiger partial charge in [-0.25, -0.2) is 27.9 Å². The molecule has 2 N–H and O–H groups in total. The van der Waals surface area contributed by atoms with Crippen LogP contribution in [0.25, 0.3) is 16.9 Å². The minimum atomic E-state index is -4.09. The Hall–Kier alpha value is -4.12. The quantitative estimate of drug-likeness (QED) is 0.332. The summed E-state index contributed by atoms with van der Waals surface area (Å²) in [5.41, 5.74) is 5.70. The van der Waals surface area contributed by atoms with Crippen molar-refractivity contribution in [2.75, 3.05) is 20.8 Å². The molecule has 10 nitrogen and oxygen atoms in total. The summed E-state index contributed by atoms with van der Waals surface area (Å²) in [4.78, 5) is 21.7. The van der Waals surface area contributed by atoms with E-state index >= 15 is 0 Å². The molecule has 4 aromatic rings. The molecule has 2 aromatic heterocycles. The van der Waals surface area contributed by atoms with Crippen molar-refractivity contribution in [1.29, 1.82) is 0 Å². The molecule has 0 aliphatic rings. The van der Waals surface area contributed by atoms with Gasteiger partial charge in [-0.3, -0.25) is 4.57 Å². The average molecular weight is 538 g/mol. The summed E-state index contributed by atoms with van der Waals surface area (Å²) in [6, 6.07) is 13.3. The van der Waals surface area contributed by atoms with Crippen molar-refractivity contribution in [1.82, 2.24) is 24.6 Å². The topological polar surface area (TPSA) is 124 Å². The first-order valence-electron chi connectivity index (χ1n) is 12.1. The molecule has 0 bridgehead atoms. The van der Waals surface area contributed by atoms with Gasteiger partial charge in [-0.1, -0.05) is 19.1 Å². The minimum absolute atomic E-state index is 0.112. The number of imidazole rings is 1. The zero-order valence-electron chi connectivity index (χ0n) is 22.0. The maximum atomic E-state index is 12.6. The van der Waals surface area contributed by atoms with Crippen LogP contribution in [0.5, 0.6) is 11.5 Å². The fourth-order valence-electron chi connectivity index (χ4n) is 4.25. The van der Waals surface area contributed by atoms with Crippen molar-refractivity contribution >= 4 is 27.2 Å². The number of ether oxygens (including phenoxy) is 2. The molecule has 0 aliphatic carbocycles. The number of aromatic nitrogens is 3. The highest BCUT2D eigenvalue weighted by atomic mass is 32.2. The van der Waals surface area contributed by atoms with Crippen LogP contribution < -0.4 is 19.5 Å². The number of carbonyl (C=O) groups excluding carboxylic acids is 1. The lowest BCUT2D eigenvalue weighted by Crippen LogP contribution is -2.40. The second kappa shape index (κ2) is 11.1. The first kappa shape index (κ1) is 26.9. The van der Waals surface area contributed by atoms with Crippen molar-refractivity contribution in [3.8, 4) is 17.2 Å².